The standard InChI is InChI=1S/C10H16O4/c1-2-9(11)13-7-10(12)14-8-5-3-4-6-8/h8H,2-7H2,1H3. The monoisotopic (exact) mass is 200 g/mol. The minimum atomic E-state index is -0.432. The summed E-state index contributed by atoms with van der Waals surface area (Å²) in [5.41, 5.74) is 0. The molecule has 0 heterocycles. The van der Waals surface area contributed by atoms with E-state index in [0.717, 1.165) is 25.7 Å². The molecule has 4 nitrogen and oxygen atoms in total. The van der Waals surface area contributed by atoms with Crippen molar-refractivity contribution in [1.82, 2.24) is 0 Å². The Labute approximate surface area is 83.6 Å². The molecule has 0 aromatic rings. The van der Waals surface area contributed by atoms with E-state index in [-0.39, 0.29) is 25.1 Å². The molecule has 0 amide bonds. The van der Waals surface area contributed by atoms with Gasteiger partial charge in [-0.25, -0.2) is 4.79 Å². The average molecular weight is 200 g/mol. The molecule has 1 saturated carbocycles. The first-order chi connectivity index (χ1) is 6.72. The van der Waals surface area contributed by atoms with E-state index in [2.05, 4.69) is 4.74 Å². The van der Waals surface area contributed by atoms with Crippen LogP contribution in [0.3, 0.4) is 0 Å². The molecule has 0 N–H and O–H groups in total. The second-order valence-electron chi connectivity index (χ2n) is 3.41. The Morgan fingerprint density at radius 3 is 2.43 bits per heavy atom. The Hall–Kier alpha value is -1.06. The Bertz CT molecular complexity index is 206. The highest BCUT2D eigenvalue weighted by Crippen LogP contribution is 2.20. The van der Waals surface area contributed by atoms with Crippen LogP contribution in [0.1, 0.15) is 39.0 Å². The van der Waals surface area contributed by atoms with Gasteiger partial charge in [0.1, 0.15) is 6.10 Å². The predicted molar refractivity (Wildman–Crippen MR) is 49.6 cm³/mol. The summed E-state index contributed by atoms with van der Waals surface area (Å²) in [6.07, 6.45) is 4.44. The molecule has 0 unspecified atom stereocenters. The Balaban J connectivity index is 2.12. The van der Waals surface area contributed by atoms with Crippen LogP contribution in [0.25, 0.3) is 0 Å². The summed E-state index contributed by atoms with van der Waals surface area (Å²) < 4.78 is 9.74. The number of ether oxygens (including phenoxy) is 2. The molecule has 0 aliphatic heterocycles. The highest BCUT2D eigenvalue weighted by molar-refractivity contribution is 5.76. The van der Waals surface area contributed by atoms with E-state index in [0.29, 0.717) is 0 Å². The van der Waals surface area contributed by atoms with Crippen molar-refractivity contribution < 1.29 is 19.1 Å². The molecule has 1 rings (SSSR count). The summed E-state index contributed by atoms with van der Waals surface area (Å²) in [6.45, 7) is 1.44. The second kappa shape index (κ2) is 5.62. The summed E-state index contributed by atoms with van der Waals surface area (Å²) in [4.78, 5) is 21.8. The molecule has 0 atom stereocenters. The Kier molecular flexibility index (Phi) is 4.43. The number of esters is 2. The highest BCUT2D eigenvalue weighted by atomic mass is 16.6. The smallest absolute Gasteiger partial charge is 0.344 e. The van der Waals surface area contributed by atoms with Crippen molar-refractivity contribution in [2.75, 3.05) is 6.61 Å². The quantitative estimate of drug-likeness (QED) is 0.644. The first-order valence-corrected chi connectivity index (χ1v) is 5.07. The summed E-state index contributed by atoms with van der Waals surface area (Å²) >= 11 is 0. The summed E-state index contributed by atoms with van der Waals surface area (Å²) in [7, 11) is 0. The molecule has 0 aromatic heterocycles. The van der Waals surface area contributed by atoms with E-state index in [1.165, 1.54) is 0 Å². The van der Waals surface area contributed by atoms with Gasteiger partial charge in [0.05, 0.1) is 0 Å². The molecule has 0 saturated heterocycles. The van der Waals surface area contributed by atoms with Crippen LogP contribution in [0.5, 0.6) is 0 Å². The molecule has 1 aliphatic carbocycles. The SMILES string of the molecule is CCC(=O)OCC(=O)OC1CCCC1. The molecule has 1 fully saturated rings. The largest absolute Gasteiger partial charge is 0.460 e. The van der Waals surface area contributed by atoms with Crippen LogP contribution in [-0.4, -0.2) is 24.6 Å². The van der Waals surface area contributed by atoms with Crippen LogP contribution >= 0.6 is 0 Å². The molecular weight excluding hydrogens is 184 g/mol. The maximum atomic E-state index is 11.1. The van der Waals surface area contributed by atoms with Crippen molar-refractivity contribution in [1.29, 1.82) is 0 Å². The van der Waals surface area contributed by atoms with E-state index in [4.69, 9.17) is 4.74 Å². The maximum Gasteiger partial charge on any atom is 0.344 e. The van der Waals surface area contributed by atoms with Gasteiger partial charge in [0.2, 0.25) is 0 Å². The fourth-order valence-corrected chi connectivity index (χ4v) is 1.47. The number of rotatable bonds is 4. The fraction of sp³-hybridized carbons (Fsp3) is 0.800. The molecular formula is C10H16O4. The van der Waals surface area contributed by atoms with Gasteiger partial charge in [-0.1, -0.05) is 6.92 Å². The van der Waals surface area contributed by atoms with Crippen molar-refractivity contribution in [2.24, 2.45) is 0 Å². The van der Waals surface area contributed by atoms with Gasteiger partial charge in [0, 0.05) is 6.42 Å². The van der Waals surface area contributed by atoms with Gasteiger partial charge in [-0.2, -0.15) is 0 Å². The van der Waals surface area contributed by atoms with E-state index in [1.54, 1.807) is 6.92 Å². The van der Waals surface area contributed by atoms with E-state index in [9.17, 15) is 9.59 Å². The van der Waals surface area contributed by atoms with Gasteiger partial charge in [0.25, 0.3) is 0 Å². The number of hydrogen-bond acceptors (Lipinski definition) is 4. The fourth-order valence-electron chi connectivity index (χ4n) is 1.47. The first-order valence-electron chi connectivity index (χ1n) is 5.07. The molecule has 0 spiro atoms. The summed E-state index contributed by atoms with van der Waals surface area (Å²) in [5, 5.41) is 0. The van der Waals surface area contributed by atoms with Crippen LogP contribution < -0.4 is 0 Å². The zero-order valence-electron chi connectivity index (χ0n) is 8.45. The molecule has 14 heavy (non-hydrogen) atoms. The predicted octanol–water partition coefficient (Wildman–Crippen LogP) is 1.43. The van der Waals surface area contributed by atoms with Crippen LogP contribution in [0.2, 0.25) is 0 Å². The van der Waals surface area contributed by atoms with Gasteiger partial charge in [-0.3, -0.25) is 4.79 Å². The van der Waals surface area contributed by atoms with Crippen molar-refractivity contribution in [2.45, 2.75) is 45.1 Å². The van der Waals surface area contributed by atoms with E-state index < -0.39 is 5.97 Å². The molecule has 1 aliphatic rings. The summed E-state index contributed by atoms with van der Waals surface area (Å²) in [5.74, 6) is -0.799. The maximum absolute atomic E-state index is 11.1. The molecule has 80 valence electrons. The molecule has 0 radical (unpaired) electrons. The van der Waals surface area contributed by atoms with E-state index >= 15 is 0 Å². The number of carbonyl (C=O) groups is 2. The Morgan fingerprint density at radius 1 is 1.21 bits per heavy atom. The third-order valence-corrected chi connectivity index (χ3v) is 2.24. The van der Waals surface area contributed by atoms with Crippen molar-refractivity contribution in [3.63, 3.8) is 0 Å². The zero-order valence-corrected chi connectivity index (χ0v) is 8.45. The van der Waals surface area contributed by atoms with Crippen molar-refractivity contribution >= 4 is 11.9 Å². The number of carbonyl (C=O) groups excluding carboxylic acids is 2. The lowest BCUT2D eigenvalue weighted by molar-refractivity contribution is -0.161. The van der Waals surface area contributed by atoms with Crippen LogP contribution in [0, 0.1) is 0 Å². The third-order valence-electron chi connectivity index (χ3n) is 2.24. The van der Waals surface area contributed by atoms with Crippen LogP contribution in [0.4, 0.5) is 0 Å². The van der Waals surface area contributed by atoms with Crippen molar-refractivity contribution in [3.05, 3.63) is 0 Å². The van der Waals surface area contributed by atoms with Gasteiger partial charge in [-0.05, 0) is 25.7 Å². The summed E-state index contributed by atoms with van der Waals surface area (Å²) in [6, 6.07) is 0. The lowest BCUT2D eigenvalue weighted by Crippen LogP contribution is -2.20. The highest BCUT2D eigenvalue weighted by Gasteiger charge is 2.19. The minimum absolute atomic E-state index is 0.0443. The normalized spacial score (nSPS) is 16.6. The Morgan fingerprint density at radius 2 is 1.86 bits per heavy atom. The molecule has 0 bridgehead atoms. The number of hydrogen-bond donors (Lipinski definition) is 0. The third kappa shape index (κ3) is 3.77. The van der Waals surface area contributed by atoms with Crippen LogP contribution in [-0.2, 0) is 19.1 Å². The molecule has 4 heteroatoms. The topological polar surface area (TPSA) is 52.6 Å². The van der Waals surface area contributed by atoms with Gasteiger partial charge < -0.3 is 9.47 Å². The van der Waals surface area contributed by atoms with Crippen LogP contribution in [0.15, 0.2) is 0 Å². The lowest BCUT2D eigenvalue weighted by Gasteiger charge is -2.10. The molecule has 0 aromatic carbocycles. The average Bonchev–Trinajstić information content (AvgIpc) is 2.66. The zero-order chi connectivity index (χ0) is 10.4. The lowest BCUT2D eigenvalue weighted by atomic mass is 10.3. The van der Waals surface area contributed by atoms with Gasteiger partial charge in [-0.15, -0.1) is 0 Å². The minimum Gasteiger partial charge on any atom is -0.460 e. The first kappa shape index (κ1) is 11.0. The van der Waals surface area contributed by atoms with Gasteiger partial charge >= 0.3 is 11.9 Å². The second-order valence-corrected chi connectivity index (χ2v) is 3.41. The van der Waals surface area contributed by atoms with Gasteiger partial charge in [0.15, 0.2) is 6.61 Å². The van der Waals surface area contributed by atoms with Crippen molar-refractivity contribution in [3.8, 4) is 0 Å². The van der Waals surface area contributed by atoms with E-state index in [1.807, 2.05) is 0 Å².